The van der Waals surface area contributed by atoms with Crippen LogP contribution in [0.1, 0.15) is 35.3 Å². The van der Waals surface area contributed by atoms with Gasteiger partial charge >= 0.3 is 5.97 Å². The van der Waals surface area contributed by atoms with Gasteiger partial charge in [0.25, 0.3) is 0 Å². The van der Waals surface area contributed by atoms with Crippen molar-refractivity contribution in [2.75, 3.05) is 0 Å². The number of ether oxygens (including phenoxy) is 1. The molecule has 3 rings (SSSR count). The number of benzene rings is 1. The normalized spacial score (nSPS) is 14.8. The molecule has 1 aromatic carbocycles. The van der Waals surface area contributed by atoms with E-state index < -0.39 is 5.97 Å². The number of carbonyl (C=O) groups is 1. The van der Waals surface area contributed by atoms with E-state index in [2.05, 4.69) is 10.2 Å². The van der Waals surface area contributed by atoms with Crippen molar-refractivity contribution in [1.82, 2.24) is 10.2 Å². The summed E-state index contributed by atoms with van der Waals surface area (Å²) in [5, 5.41) is 15.6. The quantitative estimate of drug-likeness (QED) is 0.897. The number of H-pyrrole nitrogens is 1. The Bertz CT molecular complexity index is 644. The van der Waals surface area contributed by atoms with Crippen molar-refractivity contribution in [3.05, 3.63) is 35.5 Å². The van der Waals surface area contributed by atoms with E-state index in [1.807, 2.05) is 25.1 Å². The largest absolute Gasteiger partial charge is 0.490 e. The van der Waals surface area contributed by atoms with Crippen molar-refractivity contribution in [3.8, 4) is 17.0 Å². The summed E-state index contributed by atoms with van der Waals surface area (Å²) in [6.45, 7) is 1.99. The molecule has 0 radical (unpaired) electrons. The molecule has 0 spiro atoms. The Morgan fingerprint density at radius 1 is 1.40 bits per heavy atom. The van der Waals surface area contributed by atoms with E-state index in [9.17, 15) is 4.79 Å². The van der Waals surface area contributed by atoms with E-state index >= 15 is 0 Å². The molecule has 0 bridgehead atoms. The molecule has 0 atom stereocenters. The first kappa shape index (κ1) is 12.7. The Balaban J connectivity index is 1.96. The number of hydrogen-bond donors (Lipinski definition) is 2. The van der Waals surface area contributed by atoms with Crippen LogP contribution < -0.4 is 4.74 Å². The number of hydrogen-bond acceptors (Lipinski definition) is 3. The van der Waals surface area contributed by atoms with Crippen molar-refractivity contribution < 1.29 is 14.6 Å². The van der Waals surface area contributed by atoms with Gasteiger partial charge in [-0.15, -0.1) is 0 Å². The maximum absolute atomic E-state index is 10.9. The third-order valence-electron chi connectivity index (χ3n) is 3.57. The highest BCUT2D eigenvalue weighted by atomic mass is 16.5. The van der Waals surface area contributed by atoms with Crippen LogP contribution in [-0.2, 0) is 0 Å². The number of nitrogens with one attached hydrogen (secondary N) is 1. The first-order valence-corrected chi connectivity index (χ1v) is 6.70. The van der Waals surface area contributed by atoms with E-state index in [1.54, 1.807) is 0 Å². The number of carboxylic acids is 1. The molecule has 1 saturated carbocycles. The second-order valence-corrected chi connectivity index (χ2v) is 5.14. The van der Waals surface area contributed by atoms with Gasteiger partial charge in [-0.2, -0.15) is 5.10 Å². The first-order valence-electron chi connectivity index (χ1n) is 6.70. The molecule has 1 heterocycles. The summed E-state index contributed by atoms with van der Waals surface area (Å²) in [5.41, 5.74) is 2.60. The molecule has 104 valence electrons. The van der Waals surface area contributed by atoms with Crippen LogP contribution in [0.25, 0.3) is 11.3 Å². The molecule has 20 heavy (non-hydrogen) atoms. The Labute approximate surface area is 116 Å². The maximum atomic E-state index is 10.9. The van der Waals surface area contributed by atoms with Crippen molar-refractivity contribution in [1.29, 1.82) is 0 Å². The minimum absolute atomic E-state index is 0.0797. The Kier molecular flexibility index (Phi) is 3.18. The molecule has 2 N–H and O–H groups in total. The Hall–Kier alpha value is -2.30. The zero-order valence-electron chi connectivity index (χ0n) is 11.2. The van der Waals surface area contributed by atoms with Crippen LogP contribution in [0.5, 0.6) is 5.75 Å². The van der Waals surface area contributed by atoms with Gasteiger partial charge in [0.05, 0.1) is 11.8 Å². The maximum Gasteiger partial charge on any atom is 0.353 e. The van der Waals surface area contributed by atoms with E-state index in [-0.39, 0.29) is 11.8 Å². The fourth-order valence-electron chi connectivity index (χ4n) is 2.18. The number of aromatic carboxylic acids is 1. The predicted octanol–water partition coefficient (Wildman–Crippen LogP) is 3.01. The number of aromatic nitrogens is 2. The number of aryl methyl sites for hydroxylation is 1. The lowest BCUT2D eigenvalue weighted by Gasteiger charge is -2.27. The van der Waals surface area contributed by atoms with E-state index in [1.165, 1.54) is 12.5 Å². The lowest BCUT2D eigenvalue weighted by molar-refractivity contribution is 0.0690. The van der Waals surface area contributed by atoms with E-state index in [4.69, 9.17) is 9.84 Å². The molecule has 1 fully saturated rings. The van der Waals surface area contributed by atoms with Crippen molar-refractivity contribution in [2.24, 2.45) is 0 Å². The molecule has 1 aromatic heterocycles. The molecular weight excluding hydrogens is 256 g/mol. The average Bonchev–Trinajstić information content (AvgIpc) is 2.84. The van der Waals surface area contributed by atoms with Crippen LogP contribution in [0.15, 0.2) is 24.3 Å². The fraction of sp³-hybridized carbons (Fsp3) is 0.333. The van der Waals surface area contributed by atoms with Crippen molar-refractivity contribution >= 4 is 5.97 Å². The third kappa shape index (κ3) is 2.39. The van der Waals surface area contributed by atoms with Crippen LogP contribution >= 0.6 is 0 Å². The van der Waals surface area contributed by atoms with Crippen LogP contribution in [0.4, 0.5) is 0 Å². The van der Waals surface area contributed by atoms with Gasteiger partial charge in [-0.3, -0.25) is 5.10 Å². The standard InChI is InChI=1S/C15H16N2O3/c1-9-5-6-14(20-10-3-2-4-10)11(7-9)12-8-13(15(18)19)17-16-12/h5-8,10H,2-4H2,1H3,(H,16,17)(H,18,19). The minimum atomic E-state index is -1.02. The third-order valence-corrected chi connectivity index (χ3v) is 3.57. The van der Waals surface area contributed by atoms with E-state index in [0.29, 0.717) is 5.69 Å². The summed E-state index contributed by atoms with van der Waals surface area (Å²) in [6.07, 6.45) is 3.63. The first-order chi connectivity index (χ1) is 9.63. The zero-order chi connectivity index (χ0) is 14.1. The zero-order valence-corrected chi connectivity index (χ0v) is 11.2. The average molecular weight is 272 g/mol. The smallest absolute Gasteiger partial charge is 0.353 e. The second kappa shape index (κ2) is 5.00. The van der Waals surface area contributed by atoms with Gasteiger partial charge < -0.3 is 9.84 Å². The van der Waals surface area contributed by atoms with Crippen LogP contribution in [-0.4, -0.2) is 27.4 Å². The summed E-state index contributed by atoms with van der Waals surface area (Å²) in [6, 6.07) is 7.42. The molecule has 5 nitrogen and oxygen atoms in total. The topological polar surface area (TPSA) is 75.2 Å². The molecule has 1 aliphatic carbocycles. The highest BCUT2D eigenvalue weighted by Gasteiger charge is 2.21. The summed E-state index contributed by atoms with van der Waals surface area (Å²) in [5.74, 6) is -0.249. The van der Waals surface area contributed by atoms with Crippen molar-refractivity contribution in [3.63, 3.8) is 0 Å². The molecular formula is C15H16N2O3. The molecule has 0 amide bonds. The highest BCUT2D eigenvalue weighted by Crippen LogP contribution is 2.34. The lowest BCUT2D eigenvalue weighted by Crippen LogP contribution is -2.24. The van der Waals surface area contributed by atoms with Crippen LogP contribution in [0, 0.1) is 6.92 Å². The summed E-state index contributed by atoms with van der Waals surface area (Å²) in [4.78, 5) is 10.9. The van der Waals surface area contributed by atoms with Crippen LogP contribution in [0.2, 0.25) is 0 Å². The molecule has 0 aliphatic heterocycles. The van der Waals surface area contributed by atoms with Gasteiger partial charge in [0.1, 0.15) is 11.4 Å². The molecule has 1 aliphatic rings. The lowest BCUT2D eigenvalue weighted by atomic mass is 9.96. The Morgan fingerprint density at radius 3 is 2.80 bits per heavy atom. The fourth-order valence-corrected chi connectivity index (χ4v) is 2.18. The Morgan fingerprint density at radius 2 is 2.20 bits per heavy atom. The number of carboxylic acid groups (broad SMARTS) is 1. The number of aromatic amines is 1. The minimum Gasteiger partial charge on any atom is -0.490 e. The number of rotatable bonds is 4. The molecule has 0 unspecified atom stereocenters. The van der Waals surface area contributed by atoms with Gasteiger partial charge in [0.15, 0.2) is 0 Å². The van der Waals surface area contributed by atoms with Crippen molar-refractivity contribution in [2.45, 2.75) is 32.3 Å². The summed E-state index contributed by atoms with van der Waals surface area (Å²) >= 11 is 0. The second-order valence-electron chi connectivity index (χ2n) is 5.14. The highest BCUT2D eigenvalue weighted by molar-refractivity contribution is 5.87. The van der Waals surface area contributed by atoms with Gasteiger partial charge in [-0.25, -0.2) is 4.79 Å². The van der Waals surface area contributed by atoms with Crippen LogP contribution in [0.3, 0.4) is 0 Å². The molecule has 2 aromatic rings. The van der Waals surface area contributed by atoms with Gasteiger partial charge in [-0.05, 0) is 44.4 Å². The van der Waals surface area contributed by atoms with Gasteiger partial charge in [0, 0.05) is 5.56 Å². The van der Waals surface area contributed by atoms with Gasteiger partial charge in [0.2, 0.25) is 0 Å². The summed E-state index contributed by atoms with van der Waals surface area (Å²) < 4.78 is 5.96. The monoisotopic (exact) mass is 272 g/mol. The number of nitrogens with zero attached hydrogens (tertiary/aromatic N) is 1. The SMILES string of the molecule is Cc1ccc(OC2CCC2)c(-c2cc(C(=O)O)[nH]n2)c1. The van der Waals surface area contributed by atoms with Gasteiger partial charge in [-0.1, -0.05) is 11.6 Å². The van der Waals surface area contributed by atoms with E-state index in [0.717, 1.165) is 29.7 Å². The summed E-state index contributed by atoms with van der Waals surface area (Å²) in [7, 11) is 0. The molecule has 0 saturated heterocycles. The molecule has 5 heteroatoms. The predicted molar refractivity (Wildman–Crippen MR) is 74.0 cm³/mol.